The van der Waals surface area contributed by atoms with Crippen LogP contribution >= 0.6 is 0 Å². The summed E-state index contributed by atoms with van der Waals surface area (Å²) < 4.78 is 19.6. The van der Waals surface area contributed by atoms with E-state index in [1.165, 1.54) is 17.0 Å². The van der Waals surface area contributed by atoms with Crippen LogP contribution in [-0.4, -0.2) is 78.5 Å². The summed E-state index contributed by atoms with van der Waals surface area (Å²) >= 11 is 0. The Bertz CT molecular complexity index is 1210. The molecule has 8 nitrogen and oxygen atoms in total. The molecule has 1 N–H and O–H groups in total. The van der Waals surface area contributed by atoms with Crippen LogP contribution in [0.1, 0.15) is 41.4 Å². The second kappa shape index (κ2) is 11.1. The van der Waals surface area contributed by atoms with Gasteiger partial charge in [0.2, 0.25) is 0 Å². The van der Waals surface area contributed by atoms with E-state index in [4.69, 9.17) is 4.74 Å². The van der Waals surface area contributed by atoms with Gasteiger partial charge in [0.05, 0.1) is 23.8 Å². The molecule has 2 aromatic rings. The topological polar surface area (TPSA) is 82.2 Å². The number of hydrogen-bond acceptors (Lipinski definition) is 5. The molecule has 0 saturated carbocycles. The quantitative estimate of drug-likeness (QED) is 0.604. The Morgan fingerprint density at radius 2 is 1.81 bits per heavy atom. The summed E-state index contributed by atoms with van der Waals surface area (Å²) in [5.74, 6) is -1.36. The van der Waals surface area contributed by atoms with Crippen LogP contribution in [0, 0.1) is 12.7 Å². The molecule has 9 heteroatoms. The molecular formula is C28H33FN4O4. The summed E-state index contributed by atoms with van der Waals surface area (Å²) in [7, 11) is 1.64. The fraction of sp³-hybridized carbons (Fsp3) is 0.393. The highest BCUT2D eigenvalue weighted by Gasteiger charge is 2.38. The van der Waals surface area contributed by atoms with Crippen molar-refractivity contribution in [2.24, 2.45) is 0 Å². The Kier molecular flexibility index (Phi) is 7.92. The Balaban J connectivity index is 1.60. The first-order chi connectivity index (χ1) is 17.7. The highest BCUT2D eigenvalue weighted by atomic mass is 19.1. The number of rotatable bonds is 6. The molecule has 37 heavy (non-hydrogen) atoms. The van der Waals surface area contributed by atoms with E-state index in [-0.39, 0.29) is 30.2 Å². The van der Waals surface area contributed by atoms with E-state index < -0.39 is 17.8 Å². The van der Waals surface area contributed by atoms with Crippen molar-refractivity contribution in [2.45, 2.75) is 32.9 Å². The van der Waals surface area contributed by atoms with Crippen molar-refractivity contribution in [1.82, 2.24) is 20.0 Å². The second-order valence-corrected chi connectivity index (χ2v) is 9.50. The Morgan fingerprint density at radius 3 is 2.46 bits per heavy atom. The number of hydrogen-bond donors (Lipinski definition) is 1. The van der Waals surface area contributed by atoms with Crippen molar-refractivity contribution in [3.63, 3.8) is 0 Å². The molecule has 2 aliphatic heterocycles. The van der Waals surface area contributed by atoms with E-state index in [1.54, 1.807) is 31.0 Å². The van der Waals surface area contributed by atoms with Gasteiger partial charge in [-0.15, -0.1) is 0 Å². The van der Waals surface area contributed by atoms with Gasteiger partial charge in [0.1, 0.15) is 5.82 Å². The first-order valence-electron chi connectivity index (χ1n) is 12.5. The number of carbonyl (C=O) groups excluding carboxylic acids is 3. The summed E-state index contributed by atoms with van der Waals surface area (Å²) in [6, 6.07) is 12.5. The molecule has 0 aliphatic carbocycles. The molecular weight excluding hydrogens is 475 g/mol. The Hall–Kier alpha value is -3.72. The zero-order valence-corrected chi connectivity index (χ0v) is 21.7. The van der Waals surface area contributed by atoms with Crippen molar-refractivity contribution in [1.29, 1.82) is 0 Å². The number of ether oxygens (including phenoxy) is 1. The fourth-order valence-corrected chi connectivity index (χ4v) is 4.89. The number of urea groups is 1. The summed E-state index contributed by atoms with van der Waals surface area (Å²) in [6.07, 6.45) is 0. The van der Waals surface area contributed by atoms with Crippen LogP contribution < -0.4 is 5.32 Å². The third-order valence-electron chi connectivity index (χ3n) is 6.93. The molecule has 1 fully saturated rings. The number of nitrogens with one attached hydrogen (secondary N) is 1. The molecule has 2 atom stereocenters. The van der Waals surface area contributed by atoms with Gasteiger partial charge in [-0.25, -0.2) is 14.0 Å². The summed E-state index contributed by atoms with van der Waals surface area (Å²) in [4.78, 5) is 44.3. The minimum absolute atomic E-state index is 0.0553. The third-order valence-corrected chi connectivity index (χ3v) is 6.93. The van der Waals surface area contributed by atoms with E-state index in [0.29, 0.717) is 37.4 Å². The van der Waals surface area contributed by atoms with Gasteiger partial charge in [0, 0.05) is 45.0 Å². The predicted octanol–water partition coefficient (Wildman–Crippen LogP) is 3.49. The highest BCUT2D eigenvalue weighted by Crippen LogP contribution is 2.32. The molecule has 0 radical (unpaired) electrons. The van der Waals surface area contributed by atoms with Crippen LogP contribution in [0.15, 0.2) is 59.8 Å². The average Bonchev–Trinajstić information content (AvgIpc) is 2.87. The number of esters is 1. The maximum atomic E-state index is 14.2. The lowest BCUT2D eigenvalue weighted by Crippen LogP contribution is -2.56. The van der Waals surface area contributed by atoms with Gasteiger partial charge in [-0.3, -0.25) is 14.6 Å². The van der Waals surface area contributed by atoms with E-state index in [9.17, 15) is 18.8 Å². The minimum atomic E-state index is -0.639. The molecule has 0 spiro atoms. The molecule has 2 heterocycles. The summed E-state index contributed by atoms with van der Waals surface area (Å²) in [5.41, 5.74) is 2.88. The van der Waals surface area contributed by atoms with E-state index >= 15 is 0 Å². The van der Waals surface area contributed by atoms with Crippen molar-refractivity contribution in [3.8, 4) is 0 Å². The molecule has 196 valence electrons. The molecule has 0 unspecified atom stereocenters. The maximum Gasteiger partial charge on any atom is 0.338 e. The van der Waals surface area contributed by atoms with Crippen molar-refractivity contribution in [2.75, 3.05) is 39.8 Å². The van der Waals surface area contributed by atoms with Gasteiger partial charge in [-0.05, 0) is 38.5 Å². The standard InChI is InChI=1S/C28H33FN4O4/c1-5-37-27(35)24-23(31(4)28(36)30-25(24)20-12-10-18(2)11-13-20)17-32-14-15-33(19(3)16-32)26(34)21-8-6-7-9-22(21)29/h6-13,19,25H,5,14-17H2,1-4H3,(H,30,36)/t19-,25+/m0/s1. The highest BCUT2D eigenvalue weighted by molar-refractivity contribution is 5.95. The number of likely N-dealkylation sites (N-methyl/N-ethyl adjacent to an activating group) is 1. The largest absolute Gasteiger partial charge is 0.463 e. The van der Waals surface area contributed by atoms with Gasteiger partial charge in [0.25, 0.3) is 5.91 Å². The zero-order valence-electron chi connectivity index (χ0n) is 21.7. The molecule has 2 aromatic carbocycles. The van der Waals surface area contributed by atoms with Gasteiger partial charge in [0.15, 0.2) is 0 Å². The monoisotopic (exact) mass is 508 g/mol. The SMILES string of the molecule is CCOC(=O)C1=C(CN2CCN(C(=O)c3ccccc3F)[C@@H](C)C2)N(C)C(=O)N[C@@H]1c1ccc(C)cc1. The number of benzene rings is 2. The summed E-state index contributed by atoms with van der Waals surface area (Å²) in [5, 5.41) is 2.93. The van der Waals surface area contributed by atoms with Crippen LogP contribution in [-0.2, 0) is 9.53 Å². The predicted molar refractivity (Wildman–Crippen MR) is 137 cm³/mol. The van der Waals surface area contributed by atoms with Crippen molar-refractivity contribution >= 4 is 17.9 Å². The minimum Gasteiger partial charge on any atom is -0.463 e. The number of nitrogens with zero attached hydrogens (tertiary/aromatic N) is 3. The second-order valence-electron chi connectivity index (χ2n) is 9.50. The smallest absolute Gasteiger partial charge is 0.338 e. The number of halogens is 1. The molecule has 0 aromatic heterocycles. The van der Waals surface area contributed by atoms with E-state index in [2.05, 4.69) is 10.2 Å². The van der Waals surface area contributed by atoms with E-state index in [0.717, 1.165) is 11.1 Å². The lowest BCUT2D eigenvalue weighted by Gasteiger charge is -2.42. The Labute approximate surface area is 216 Å². The van der Waals surface area contributed by atoms with Crippen LogP contribution in [0.3, 0.4) is 0 Å². The van der Waals surface area contributed by atoms with Gasteiger partial charge < -0.3 is 15.0 Å². The number of aryl methyl sites for hydroxylation is 1. The van der Waals surface area contributed by atoms with Crippen molar-refractivity contribution < 1.29 is 23.5 Å². The molecule has 1 saturated heterocycles. The Morgan fingerprint density at radius 1 is 1.11 bits per heavy atom. The number of carbonyl (C=O) groups is 3. The molecule has 3 amide bonds. The van der Waals surface area contributed by atoms with Crippen LogP contribution in [0.2, 0.25) is 0 Å². The first-order valence-corrected chi connectivity index (χ1v) is 12.5. The normalized spacial score (nSPS) is 20.6. The first kappa shape index (κ1) is 26.3. The van der Waals surface area contributed by atoms with Crippen LogP contribution in [0.5, 0.6) is 0 Å². The summed E-state index contributed by atoms with van der Waals surface area (Å²) in [6.45, 7) is 7.58. The van der Waals surface area contributed by atoms with Gasteiger partial charge in [-0.2, -0.15) is 0 Å². The fourth-order valence-electron chi connectivity index (χ4n) is 4.89. The number of amides is 3. The lowest BCUT2D eigenvalue weighted by molar-refractivity contribution is -0.139. The van der Waals surface area contributed by atoms with Crippen LogP contribution in [0.25, 0.3) is 0 Å². The molecule has 4 rings (SSSR count). The zero-order chi connectivity index (χ0) is 26.7. The van der Waals surface area contributed by atoms with Gasteiger partial charge in [-0.1, -0.05) is 42.0 Å². The molecule has 2 aliphatic rings. The van der Waals surface area contributed by atoms with Gasteiger partial charge >= 0.3 is 12.0 Å². The lowest BCUT2D eigenvalue weighted by atomic mass is 9.93. The number of piperazine rings is 1. The maximum absolute atomic E-state index is 14.2. The van der Waals surface area contributed by atoms with Crippen LogP contribution in [0.4, 0.5) is 9.18 Å². The average molecular weight is 509 g/mol. The molecule has 0 bridgehead atoms. The third kappa shape index (κ3) is 5.51. The van der Waals surface area contributed by atoms with E-state index in [1.807, 2.05) is 38.1 Å². The van der Waals surface area contributed by atoms with Crippen molar-refractivity contribution in [3.05, 3.63) is 82.3 Å².